The van der Waals surface area contributed by atoms with E-state index in [2.05, 4.69) is 44.3 Å². The highest BCUT2D eigenvalue weighted by atomic mass is 16.5. The minimum atomic E-state index is -0.0116. The van der Waals surface area contributed by atoms with Gasteiger partial charge in [-0.05, 0) is 37.5 Å². The standard InChI is InChI=1S/C13H19NO/c1-4-13(5-2)9-14-11-8-10(3)6-7-12(11)15-13/h6-8,14H,4-5,9H2,1-3H3. The molecule has 1 aromatic rings. The first-order chi connectivity index (χ1) is 7.19. The van der Waals surface area contributed by atoms with E-state index in [0.29, 0.717) is 0 Å². The predicted molar refractivity (Wildman–Crippen MR) is 63.6 cm³/mol. The predicted octanol–water partition coefficient (Wildman–Crippen LogP) is 3.36. The molecule has 1 heterocycles. The topological polar surface area (TPSA) is 21.3 Å². The van der Waals surface area contributed by atoms with Crippen LogP contribution < -0.4 is 10.1 Å². The van der Waals surface area contributed by atoms with Crippen molar-refractivity contribution in [2.24, 2.45) is 0 Å². The van der Waals surface area contributed by atoms with Crippen molar-refractivity contribution in [2.75, 3.05) is 11.9 Å². The molecule has 0 fully saturated rings. The number of benzene rings is 1. The molecule has 0 saturated carbocycles. The first kappa shape index (κ1) is 10.3. The van der Waals surface area contributed by atoms with Crippen molar-refractivity contribution in [3.63, 3.8) is 0 Å². The molecule has 0 saturated heterocycles. The molecule has 82 valence electrons. The Balaban J connectivity index is 2.30. The Hall–Kier alpha value is -1.18. The molecular weight excluding hydrogens is 186 g/mol. The van der Waals surface area contributed by atoms with Crippen LogP contribution >= 0.6 is 0 Å². The Morgan fingerprint density at radius 3 is 2.73 bits per heavy atom. The van der Waals surface area contributed by atoms with Crippen LogP contribution in [-0.4, -0.2) is 12.1 Å². The average molecular weight is 205 g/mol. The van der Waals surface area contributed by atoms with E-state index in [-0.39, 0.29) is 5.60 Å². The molecular formula is C13H19NO. The fourth-order valence-electron chi connectivity index (χ4n) is 2.04. The van der Waals surface area contributed by atoms with E-state index >= 15 is 0 Å². The second-order valence-electron chi connectivity index (χ2n) is 4.35. The molecule has 2 heteroatoms. The van der Waals surface area contributed by atoms with E-state index in [1.165, 1.54) is 5.56 Å². The average Bonchev–Trinajstić information content (AvgIpc) is 2.28. The van der Waals surface area contributed by atoms with Gasteiger partial charge >= 0.3 is 0 Å². The number of rotatable bonds is 2. The number of anilines is 1. The van der Waals surface area contributed by atoms with Crippen LogP contribution in [0.3, 0.4) is 0 Å². The third-order valence-electron chi connectivity index (χ3n) is 3.35. The van der Waals surface area contributed by atoms with Gasteiger partial charge < -0.3 is 10.1 Å². The highest BCUT2D eigenvalue weighted by Crippen LogP contribution is 2.36. The van der Waals surface area contributed by atoms with E-state index in [9.17, 15) is 0 Å². The van der Waals surface area contributed by atoms with E-state index in [4.69, 9.17) is 4.74 Å². The second kappa shape index (κ2) is 3.76. The first-order valence-electron chi connectivity index (χ1n) is 5.72. The molecule has 2 nitrogen and oxygen atoms in total. The molecule has 0 aromatic heterocycles. The molecule has 0 spiro atoms. The molecule has 0 aliphatic carbocycles. The summed E-state index contributed by atoms with van der Waals surface area (Å²) in [5.41, 5.74) is 2.39. The van der Waals surface area contributed by atoms with Crippen molar-refractivity contribution >= 4 is 5.69 Å². The van der Waals surface area contributed by atoms with Gasteiger partial charge in [0.05, 0.1) is 12.2 Å². The molecule has 1 aromatic carbocycles. The van der Waals surface area contributed by atoms with Gasteiger partial charge in [0.25, 0.3) is 0 Å². The van der Waals surface area contributed by atoms with Crippen molar-refractivity contribution in [3.05, 3.63) is 23.8 Å². The zero-order valence-electron chi connectivity index (χ0n) is 9.76. The molecule has 0 bridgehead atoms. The minimum absolute atomic E-state index is 0.0116. The van der Waals surface area contributed by atoms with E-state index in [1.807, 2.05) is 0 Å². The zero-order valence-corrected chi connectivity index (χ0v) is 9.76. The van der Waals surface area contributed by atoms with E-state index in [1.54, 1.807) is 0 Å². The monoisotopic (exact) mass is 205 g/mol. The third kappa shape index (κ3) is 1.81. The summed E-state index contributed by atoms with van der Waals surface area (Å²) in [6, 6.07) is 6.31. The lowest BCUT2D eigenvalue weighted by molar-refractivity contribution is 0.0670. The molecule has 0 radical (unpaired) electrons. The van der Waals surface area contributed by atoms with Crippen LogP contribution in [0.5, 0.6) is 5.75 Å². The van der Waals surface area contributed by atoms with Crippen molar-refractivity contribution in [1.82, 2.24) is 0 Å². The molecule has 0 amide bonds. The number of fused-ring (bicyclic) bond motifs is 1. The van der Waals surface area contributed by atoms with Gasteiger partial charge in [0.15, 0.2) is 0 Å². The van der Waals surface area contributed by atoms with Crippen LogP contribution in [0.25, 0.3) is 0 Å². The Morgan fingerprint density at radius 2 is 2.07 bits per heavy atom. The second-order valence-corrected chi connectivity index (χ2v) is 4.35. The first-order valence-corrected chi connectivity index (χ1v) is 5.72. The lowest BCUT2D eigenvalue weighted by Crippen LogP contribution is -2.44. The number of aryl methyl sites for hydroxylation is 1. The van der Waals surface area contributed by atoms with Crippen molar-refractivity contribution < 1.29 is 4.74 Å². The van der Waals surface area contributed by atoms with Crippen LogP contribution in [0.15, 0.2) is 18.2 Å². The van der Waals surface area contributed by atoms with Crippen LogP contribution in [0.4, 0.5) is 5.69 Å². The van der Waals surface area contributed by atoms with Crippen LogP contribution in [0, 0.1) is 6.92 Å². The lowest BCUT2D eigenvalue weighted by Gasteiger charge is -2.38. The fourth-order valence-corrected chi connectivity index (χ4v) is 2.04. The fraction of sp³-hybridized carbons (Fsp3) is 0.538. The number of hydrogen-bond donors (Lipinski definition) is 1. The Labute approximate surface area is 91.6 Å². The zero-order chi connectivity index (χ0) is 10.9. The van der Waals surface area contributed by atoms with Gasteiger partial charge in [-0.2, -0.15) is 0 Å². The van der Waals surface area contributed by atoms with Crippen LogP contribution in [-0.2, 0) is 0 Å². The molecule has 2 rings (SSSR count). The Bertz CT molecular complexity index is 356. The van der Waals surface area contributed by atoms with Gasteiger partial charge in [-0.3, -0.25) is 0 Å². The van der Waals surface area contributed by atoms with Gasteiger partial charge in [0.1, 0.15) is 11.4 Å². The van der Waals surface area contributed by atoms with Gasteiger partial charge in [-0.25, -0.2) is 0 Å². The minimum Gasteiger partial charge on any atom is -0.483 e. The molecule has 1 aliphatic heterocycles. The summed E-state index contributed by atoms with van der Waals surface area (Å²) >= 11 is 0. The number of hydrogen-bond acceptors (Lipinski definition) is 2. The summed E-state index contributed by atoms with van der Waals surface area (Å²) in [6.45, 7) is 7.38. The maximum absolute atomic E-state index is 6.11. The van der Waals surface area contributed by atoms with Gasteiger partial charge in [-0.15, -0.1) is 0 Å². The van der Waals surface area contributed by atoms with Crippen molar-refractivity contribution in [2.45, 2.75) is 39.2 Å². The normalized spacial score (nSPS) is 17.5. The largest absolute Gasteiger partial charge is 0.483 e. The molecule has 15 heavy (non-hydrogen) atoms. The highest BCUT2D eigenvalue weighted by molar-refractivity contribution is 5.60. The SMILES string of the molecule is CCC1(CC)CNc2cc(C)ccc2O1. The summed E-state index contributed by atoms with van der Waals surface area (Å²) in [5.74, 6) is 0.996. The Morgan fingerprint density at radius 1 is 1.33 bits per heavy atom. The maximum atomic E-state index is 6.11. The smallest absolute Gasteiger partial charge is 0.143 e. The van der Waals surface area contributed by atoms with Crippen molar-refractivity contribution in [1.29, 1.82) is 0 Å². The highest BCUT2D eigenvalue weighted by Gasteiger charge is 2.32. The summed E-state index contributed by atoms with van der Waals surface area (Å²) < 4.78 is 6.11. The quantitative estimate of drug-likeness (QED) is 0.799. The molecule has 0 unspecified atom stereocenters. The van der Waals surface area contributed by atoms with E-state index in [0.717, 1.165) is 30.8 Å². The lowest BCUT2D eigenvalue weighted by atomic mass is 9.95. The molecule has 0 atom stereocenters. The molecule has 1 aliphatic rings. The molecule has 1 N–H and O–H groups in total. The van der Waals surface area contributed by atoms with Gasteiger partial charge in [0.2, 0.25) is 0 Å². The van der Waals surface area contributed by atoms with Gasteiger partial charge in [-0.1, -0.05) is 19.9 Å². The van der Waals surface area contributed by atoms with Crippen LogP contribution in [0.2, 0.25) is 0 Å². The maximum Gasteiger partial charge on any atom is 0.143 e. The van der Waals surface area contributed by atoms with Crippen LogP contribution in [0.1, 0.15) is 32.3 Å². The van der Waals surface area contributed by atoms with E-state index < -0.39 is 0 Å². The summed E-state index contributed by atoms with van der Waals surface area (Å²) in [4.78, 5) is 0. The third-order valence-corrected chi connectivity index (χ3v) is 3.35. The summed E-state index contributed by atoms with van der Waals surface area (Å²) in [6.07, 6.45) is 2.09. The number of nitrogens with one attached hydrogen (secondary N) is 1. The van der Waals surface area contributed by atoms with Crippen molar-refractivity contribution in [3.8, 4) is 5.75 Å². The summed E-state index contributed by atoms with van der Waals surface area (Å²) in [7, 11) is 0. The Kier molecular flexibility index (Phi) is 2.59. The summed E-state index contributed by atoms with van der Waals surface area (Å²) in [5, 5.41) is 3.47. The van der Waals surface area contributed by atoms with Gasteiger partial charge in [0, 0.05) is 0 Å². The number of ether oxygens (including phenoxy) is 1.